The van der Waals surface area contributed by atoms with Crippen molar-refractivity contribution in [2.24, 2.45) is 0 Å². The smallest absolute Gasteiger partial charge is 0.274 e. The van der Waals surface area contributed by atoms with Gasteiger partial charge in [-0.25, -0.2) is 0 Å². The number of benzene rings is 1. The van der Waals surface area contributed by atoms with Crippen molar-refractivity contribution in [3.8, 4) is 17.2 Å². The van der Waals surface area contributed by atoms with Crippen LogP contribution in [0.1, 0.15) is 21.9 Å². The van der Waals surface area contributed by atoms with Crippen LogP contribution in [0, 0.1) is 0 Å². The first-order valence-corrected chi connectivity index (χ1v) is 7.90. The first-order valence-electron chi connectivity index (χ1n) is 7.90. The van der Waals surface area contributed by atoms with Crippen LogP contribution >= 0.6 is 0 Å². The lowest BCUT2D eigenvalue weighted by molar-refractivity contribution is 0.0776. The maximum atomic E-state index is 12.4. The number of nitrogens with one attached hydrogen (secondary N) is 1. The second-order valence-corrected chi connectivity index (χ2v) is 5.73. The van der Waals surface area contributed by atoms with E-state index in [9.17, 15) is 4.79 Å². The largest absolute Gasteiger partial charge is 0.487 e. The predicted octanol–water partition coefficient (Wildman–Crippen LogP) is 1.98. The highest BCUT2D eigenvalue weighted by atomic mass is 16.7. The number of fused-ring (bicyclic) bond motifs is 1. The average molecular weight is 356 g/mol. The predicted molar refractivity (Wildman–Crippen MR) is 87.8 cm³/mol. The first-order chi connectivity index (χ1) is 12.7. The molecule has 2 aromatic heterocycles. The Labute approximate surface area is 148 Å². The summed E-state index contributed by atoms with van der Waals surface area (Å²) in [6.45, 7) is 0.796. The molecule has 3 heterocycles. The average Bonchev–Trinajstić information content (AvgIpc) is 3.40. The van der Waals surface area contributed by atoms with Gasteiger partial charge in [0, 0.05) is 19.2 Å². The monoisotopic (exact) mass is 356 g/mol. The van der Waals surface area contributed by atoms with E-state index in [0.29, 0.717) is 40.9 Å². The zero-order valence-corrected chi connectivity index (χ0v) is 14.0. The van der Waals surface area contributed by atoms with E-state index in [1.165, 1.54) is 11.2 Å². The van der Waals surface area contributed by atoms with E-state index in [-0.39, 0.29) is 19.3 Å². The highest BCUT2D eigenvalue weighted by Gasteiger charge is 2.17. The molecule has 0 atom stereocenters. The summed E-state index contributed by atoms with van der Waals surface area (Å²) in [6, 6.07) is 8.71. The van der Waals surface area contributed by atoms with E-state index in [0.717, 1.165) is 0 Å². The number of carbonyl (C=O) groups is 1. The maximum absolute atomic E-state index is 12.4. The number of carbonyl (C=O) groups excluding carboxylic acids is 1. The molecule has 1 aliphatic rings. The standard InChI is InChI=1S/C17H16N4O5/c1-21(8-11-4-5-26-20-11)17(22)14-6-12(18-19-14)9-23-13-2-3-15-16(7-13)25-10-24-15/h2-7H,8-10H2,1H3,(H,18,19). The third kappa shape index (κ3) is 3.32. The molecule has 134 valence electrons. The molecule has 0 saturated heterocycles. The molecule has 1 aromatic carbocycles. The minimum Gasteiger partial charge on any atom is -0.487 e. The number of hydrogen-bond donors (Lipinski definition) is 1. The number of rotatable bonds is 6. The molecule has 9 heteroatoms. The molecule has 1 amide bonds. The Balaban J connectivity index is 1.36. The molecule has 0 saturated carbocycles. The fraction of sp³-hybridized carbons (Fsp3) is 0.235. The number of aromatic nitrogens is 3. The summed E-state index contributed by atoms with van der Waals surface area (Å²) in [7, 11) is 1.68. The van der Waals surface area contributed by atoms with Crippen molar-refractivity contribution in [2.45, 2.75) is 13.2 Å². The lowest BCUT2D eigenvalue weighted by Crippen LogP contribution is -2.26. The third-order valence-electron chi connectivity index (χ3n) is 3.83. The fourth-order valence-corrected chi connectivity index (χ4v) is 2.50. The molecule has 26 heavy (non-hydrogen) atoms. The van der Waals surface area contributed by atoms with Gasteiger partial charge in [0.25, 0.3) is 5.91 Å². The number of H-pyrrole nitrogens is 1. The second-order valence-electron chi connectivity index (χ2n) is 5.73. The Morgan fingerprint density at radius 1 is 1.27 bits per heavy atom. The first kappa shape index (κ1) is 16.0. The fourth-order valence-electron chi connectivity index (χ4n) is 2.50. The molecular formula is C17H16N4O5. The van der Waals surface area contributed by atoms with Crippen LogP contribution in [0.4, 0.5) is 0 Å². The van der Waals surface area contributed by atoms with Gasteiger partial charge in [-0.05, 0) is 18.2 Å². The van der Waals surface area contributed by atoms with Crippen LogP contribution in [0.25, 0.3) is 0 Å². The van der Waals surface area contributed by atoms with Gasteiger partial charge in [-0.2, -0.15) is 5.10 Å². The summed E-state index contributed by atoms with van der Waals surface area (Å²) in [5, 5.41) is 10.7. The van der Waals surface area contributed by atoms with Crippen molar-refractivity contribution in [1.29, 1.82) is 0 Å². The molecule has 0 unspecified atom stereocenters. The highest BCUT2D eigenvalue weighted by molar-refractivity contribution is 5.92. The lowest BCUT2D eigenvalue weighted by Gasteiger charge is -2.13. The Morgan fingerprint density at radius 3 is 3.00 bits per heavy atom. The highest BCUT2D eigenvalue weighted by Crippen LogP contribution is 2.35. The molecule has 0 spiro atoms. The molecule has 0 fully saturated rings. The molecule has 0 bridgehead atoms. The normalized spacial score (nSPS) is 12.2. The van der Waals surface area contributed by atoms with Gasteiger partial charge in [-0.1, -0.05) is 5.16 Å². The van der Waals surface area contributed by atoms with Gasteiger partial charge < -0.3 is 23.6 Å². The molecular weight excluding hydrogens is 340 g/mol. The quantitative estimate of drug-likeness (QED) is 0.720. The van der Waals surface area contributed by atoms with Gasteiger partial charge in [0.15, 0.2) is 17.2 Å². The number of ether oxygens (including phenoxy) is 3. The molecule has 1 N–H and O–H groups in total. The van der Waals surface area contributed by atoms with E-state index in [1.54, 1.807) is 37.4 Å². The van der Waals surface area contributed by atoms with Gasteiger partial charge in [0.1, 0.15) is 24.3 Å². The lowest BCUT2D eigenvalue weighted by atomic mass is 10.3. The van der Waals surface area contributed by atoms with Gasteiger partial charge in [-0.15, -0.1) is 0 Å². The number of aromatic amines is 1. The summed E-state index contributed by atoms with van der Waals surface area (Å²) in [4.78, 5) is 13.9. The van der Waals surface area contributed by atoms with Gasteiger partial charge >= 0.3 is 0 Å². The SMILES string of the molecule is CN(Cc1ccon1)C(=O)c1cc(COc2ccc3c(c2)OCO3)[nH]n1. The van der Waals surface area contributed by atoms with Crippen LogP contribution in [0.2, 0.25) is 0 Å². The van der Waals surface area contributed by atoms with E-state index >= 15 is 0 Å². The summed E-state index contributed by atoms with van der Waals surface area (Å²) in [5.74, 6) is 1.76. The summed E-state index contributed by atoms with van der Waals surface area (Å²) in [6.07, 6.45) is 1.47. The number of amides is 1. The zero-order chi connectivity index (χ0) is 17.9. The Morgan fingerprint density at radius 2 is 2.15 bits per heavy atom. The summed E-state index contributed by atoms with van der Waals surface area (Å²) in [5.41, 5.74) is 1.66. The Kier molecular flexibility index (Phi) is 4.18. The van der Waals surface area contributed by atoms with Crippen LogP contribution in [-0.4, -0.2) is 40.0 Å². The van der Waals surface area contributed by atoms with Crippen LogP contribution in [0.3, 0.4) is 0 Å². The van der Waals surface area contributed by atoms with Gasteiger partial charge in [0.05, 0.1) is 12.2 Å². The van der Waals surface area contributed by atoms with Crippen LogP contribution in [0.5, 0.6) is 17.2 Å². The van der Waals surface area contributed by atoms with Crippen LogP contribution in [0.15, 0.2) is 41.1 Å². The van der Waals surface area contributed by atoms with Crippen molar-refractivity contribution in [2.75, 3.05) is 13.8 Å². The molecule has 3 aromatic rings. The van der Waals surface area contributed by atoms with Crippen molar-refractivity contribution < 1.29 is 23.5 Å². The zero-order valence-electron chi connectivity index (χ0n) is 14.0. The van der Waals surface area contributed by atoms with Crippen molar-refractivity contribution in [3.05, 3.63) is 53.7 Å². The molecule has 0 radical (unpaired) electrons. The molecule has 4 rings (SSSR count). The van der Waals surface area contributed by atoms with Crippen molar-refractivity contribution >= 4 is 5.91 Å². The molecule has 1 aliphatic heterocycles. The number of nitrogens with zero attached hydrogens (tertiary/aromatic N) is 3. The van der Waals surface area contributed by atoms with E-state index in [4.69, 9.17) is 18.7 Å². The van der Waals surface area contributed by atoms with Gasteiger partial charge in [0.2, 0.25) is 6.79 Å². The van der Waals surface area contributed by atoms with E-state index in [1.807, 2.05) is 0 Å². The summed E-state index contributed by atoms with van der Waals surface area (Å²) >= 11 is 0. The topological polar surface area (TPSA) is 103 Å². The minimum absolute atomic E-state index is 0.215. The van der Waals surface area contributed by atoms with E-state index in [2.05, 4.69) is 15.4 Å². The molecule has 9 nitrogen and oxygen atoms in total. The van der Waals surface area contributed by atoms with Gasteiger partial charge in [-0.3, -0.25) is 9.89 Å². The summed E-state index contributed by atoms with van der Waals surface area (Å²) < 4.78 is 21.0. The molecule has 0 aliphatic carbocycles. The third-order valence-corrected chi connectivity index (χ3v) is 3.83. The van der Waals surface area contributed by atoms with E-state index < -0.39 is 0 Å². The number of hydrogen-bond acceptors (Lipinski definition) is 7. The Hall–Kier alpha value is -3.49. The Bertz CT molecular complexity index is 906. The van der Waals surface area contributed by atoms with Crippen molar-refractivity contribution in [3.63, 3.8) is 0 Å². The second kappa shape index (κ2) is 6.79. The maximum Gasteiger partial charge on any atom is 0.274 e. The minimum atomic E-state index is -0.224. The van der Waals surface area contributed by atoms with Crippen LogP contribution in [-0.2, 0) is 13.2 Å². The van der Waals surface area contributed by atoms with Crippen molar-refractivity contribution in [1.82, 2.24) is 20.3 Å². The van der Waals surface area contributed by atoms with Crippen LogP contribution < -0.4 is 14.2 Å².